The molecule has 0 bridgehead atoms. The SMILES string of the molecule is CC(=O)OC[C@@H]1O[C@H](n2cnc3c(NCc4ccccc4C)ncnc32)[C@@H](OC(C)=O)[C@H]1OC(C)=O. The maximum Gasteiger partial charge on any atom is 0.303 e. The van der Waals surface area contributed by atoms with Crippen LogP contribution >= 0.6 is 0 Å². The van der Waals surface area contributed by atoms with Crippen molar-refractivity contribution >= 4 is 34.9 Å². The highest BCUT2D eigenvalue weighted by molar-refractivity contribution is 5.82. The number of carbonyl (C=O) groups is 3. The fourth-order valence-electron chi connectivity index (χ4n) is 4.07. The largest absolute Gasteiger partial charge is 0.463 e. The van der Waals surface area contributed by atoms with Crippen LogP contribution in [0.15, 0.2) is 36.9 Å². The third-order valence-electron chi connectivity index (χ3n) is 5.68. The van der Waals surface area contributed by atoms with E-state index in [-0.39, 0.29) is 6.61 Å². The molecule has 12 heteroatoms. The van der Waals surface area contributed by atoms with Crippen molar-refractivity contribution in [2.75, 3.05) is 11.9 Å². The first kappa shape index (κ1) is 25.0. The van der Waals surface area contributed by atoms with Gasteiger partial charge in [0.1, 0.15) is 19.0 Å². The number of nitrogens with one attached hydrogen (secondary N) is 1. The van der Waals surface area contributed by atoms with Gasteiger partial charge < -0.3 is 24.3 Å². The van der Waals surface area contributed by atoms with E-state index in [1.165, 1.54) is 33.4 Å². The van der Waals surface area contributed by atoms with E-state index in [1.807, 2.05) is 31.2 Å². The molecule has 1 fully saturated rings. The second-order valence-electron chi connectivity index (χ2n) is 8.34. The van der Waals surface area contributed by atoms with Gasteiger partial charge in [-0.25, -0.2) is 15.0 Å². The summed E-state index contributed by atoms with van der Waals surface area (Å²) < 4.78 is 23.7. The van der Waals surface area contributed by atoms with Crippen LogP contribution in [0.1, 0.15) is 38.1 Å². The highest BCUT2D eigenvalue weighted by Gasteiger charge is 2.51. The molecule has 36 heavy (non-hydrogen) atoms. The molecule has 1 N–H and O–H groups in total. The van der Waals surface area contributed by atoms with Crippen molar-refractivity contribution in [1.82, 2.24) is 19.5 Å². The Kier molecular flexibility index (Phi) is 7.44. The first-order valence-corrected chi connectivity index (χ1v) is 11.3. The van der Waals surface area contributed by atoms with Gasteiger partial charge in [-0.3, -0.25) is 19.0 Å². The Hall–Kier alpha value is -4.06. The molecule has 0 radical (unpaired) electrons. The van der Waals surface area contributed by atoms with Crippen molar-refractivity contribution < 1.29 is 33.3 Å². The van der Waals surface area contributed by atoms with Crippen molar-refractivity contribution in [3.8, 4) is 0 Å². The third kappa shape index (κ3) is 5.43. The van der Waals surface area contributed by atoms with E-state index in [9.17, 15) is 14.4 Å². The van der Waals surface area contributed by atoms with E-state index in [4.69, 9.17) is 18.9 Å². The Labute approximate surface area is 206 Å². The summed E-state index contributed by atoms with van der Waals surface area (Å²) in [5, 5.41) is 3.29. The Morgan fingerprint density at radius 2 is 1.72 bits per heavy atom. The minimum Gasteiger partial charge on any atom is -0.463 e. The summed E-state index contributed by atoms with van der Waals surface area (Å²) in [4.78, 5) is 48.2. The average molecular weight is 498 g/mol. The molecule has 0 saturated carbocycles. The first-order chi connectivity index (χ1) is 17.2. The molecular formula is C24H27N5O7. The zero-order valence-corrected chi connectivity index (χ0v) is 20.3. The molecule has 4 atom stereocenters. The lowest BCUT2D eigenvalue weighted by molar-refractivity contribution is -0.166. The van der Waals surface area contributed by atoms with Gasteiger partial charge in [-0.15, -0.1) is 0 Å². The van der Waals surface area contributed by atoms with E-state index >= 15 is 0 Å². The molecule has 4 rings (SSSR count). The molecule has 0 unspecified atom stereocenters. The van der Waals surface area contributed by atoms with Gasteiger partial charge in [0.05, 0.1) is 6.33 Å². The Bertz CT molecular complexity index is 1280. The number of rotatable bonds is 8. The van der Waals surface area contributed by atoms with Gasteiger partial charge in [0, 0.05) is 27.3 Å². The van der Waals surface area contributed by atoms with Crippen molar-refractivity contribution in [3.63, 3.8) is 0 Å². The van der Waals surface area contributed by atoms with E-state index in [1.54, 1.807) is 4.57 Å². The molecule has 3 aromatic rings. The van der Waals surface area contributed by atoms with Gasteiger partial charge in [0.25, 0.3) is 0 Å². The summed E-state index contributed by atoms with van der Waals surface area (Å²) in [7, 11) is 0. The van der Waals surface area contributed by atoms with Crippen LogP contribution in [0.3, 0.4) is 0 Å². The molecule has 1 aromatic carbocycles. The number of esters is 3. The number of nitrogens with zero attached hydrogens (tertiary/aromatic N) is 4. The number of carbonyl (C=O) groups excluding carboxylic acids is 3. The van der Waals surface area contributed by atoms with Gasteiger partial charge in [-0.1, -0.05) is 24.3 Å². The Morgan fingerprint density at radius 1 is 1.00 bits per heavy atom. The van der Waals surface area contributed by atoms with Crippen molar-refractivity contribution in [2.45, 2.75) is 58.8 Å². The predicted octanol–water partition coefficient (Wildman–Crippen LogP) is 2.07. The van der Waals surface area contributed by atoms with Gasteiger partial charge >= 0.3 is 17.9 Å². The highest BCUT2D eigenvalue weighted by Crippen LogP contribution is 2.36. The fourth-order valence-corrected chi connectivity index (χ4v) is 4.07. The Morgan fingerprint density at radius 3 is 2.42 bits per heavy atom. The fraction of sp³-hybridized carbons (Fsp3) is 0.417. The summed E-state index contributed by atoms with van der Waals surface area (Å²) in [6, 6.07) is 7.99. The molecule has 0 spiro atoms. The molecule has 1 aliphatic rings. The van der Waals surface area contributed by atoms with Crippen molar-refractivity contribution in [1.29, 1.82) is 0 Å². The molecule has 12 nitrogen and oxygen atoms in total. The number of aromatic nitrogens is 4. The number of aryl methyl sites for hydroxylation is 1. The second kappa shape index (κ2) is 10.7. The summed E-state index contributed by atoms with van der Waals surface area (Å²) in [5.74, 6) is -1.22. The van der Waals surface area contributed by atoms with Gasteiger partial charge in [-0.2, -0.15) is 0 Å². The molecule has 2 aromatic heterocycles. The molecule has 1 aliphatic heterocycles. The number of fused-ring (bicyclic) bond motifs is 1. The summed E-state index contributed by atoms with van der Waals surface area (Å²) in [6.07, 6.45) is -1.03. The van der Waals surface area contributed by atoms with Crippen LogP contribution in [-0.4, -0.2) is 62.3 Å². The number of benzene rings is 1. The van der Waals surface area contributed by atoms with Crippen LogP contribution in [0.4, 0.5) is 5.82 Å². The van der Waals surface area contributed by atoms with Crippen LogP contribution < -0.4 is 5.32 Å². The molecular weight excluding hydrogens is 470 g/mol. The molecule has 1 saturated heterocycles. The maximum atomic E-state index is 11.9. The minimum atomic E-state index is -1.04. The van der Waals surface area contributed by atoms with E-state index in [0.717, 1.165) is 11.1 Å². The normalized spacial score (nSPS) is 21.2. The molecule has 0 aliphatic carbocycles. The smallest absolute Gasteiger partial charge is 0.303 e. The number of ether oxygens (including phenoxy) is 4. The second-order valence-corrected chi connectivity index (χ2v) is 8.34. The number of anilines is 1. The number of hydrogen-bond acceptors (Lipinski definition) is 11. The zero-order chi connectivity index (χ0) is 25.8. The third-order valence-corrected chi connectivity index (χ3v) is 5.68. The number of imidazole rings is 1. The van der Waals surface area contributed by atoms with E-state index in [2.05, 4.69) is 20.3 Å². The van der Waals surface area contributed by atoms with Crippen LogP contribution in [0, 0.1) is 6.92 Å². The molecule has 190 valence electrons. The van der Waals surface area contributed by atoms with Crippen LogP contribution in [-0.2, 0) is 39.9 Å². The highest BCUT2D eigenvalue weighted by atomic mass is 16.7. The van der Waals surface area contributed by atoms with Crippen molar-refractivity contribution in [2.24, 2.45) is 0 Å². The maximum absolute atomic E-state index is 11.9. The monoisotopic (exact) mass is 497 g/mol. The van der Waals surface area contributed by atoms with Crippen LogP contribution in [0.5, 0.6) is 0 Å². The average Bonchev–Trinajstić information content (AvgIpc) is 3.38. The quantitative estimate of drug-likeness (QED) is 0.361. The van der Waals surface area contributed by atoms with E-state index in [0.29, 0.717) is 23.5 Å². The van der Waals surface area contributed by atoms with Gasteiger partial charge in [-0.05, 0) is 18.1 Å². The van der Waals surface area contributed by atoms with Crippen molar-refractivity contribution in [3.05, 3.63) is 48.0 Å². The van der Waals surface area contributed by atoms with Gasteiger partial charge in [0.2, 0.25) is 0 Å². The first-order valence-electron chi connectivity index (χ1n) is 11.3. The molecule has 3 heterocycles. The lowest BCUT2D eigenvalue weighted by atomic mass is 10.1. The Balaban J connectivity index is 1.66. The zero-order valence-electron chi connectivity index (χ0n) is 20.3. The van der Waals surface area contributed by atoms with Crippen LogP contribution in [0.2, 0.25) is 0 Å². The summed E-state index contributed by atoms with van der Waals surface area (Å²) in [6.45, 7) is 6.08. The summed E-state index contributed by atoms with van der Waals surface area (Å²) in [5.41, 5.74) is 3.13. The van der Waals surface area contributed by atoms with Gasteiger partial charge in [0.15, 0.2) is 35.4 Å². The van der Waals surface area contributed by atoms with E-state index < -0.39 is 42.4 Å². The summed E-state index contributed by atoms with van der Waals surface area (Å²) >= 11 is 0. The topological polar surface area (TPSA) is 144 Å². The standard InChI is InChI=1S/C24H27N5O7/c1-13-7-5-6-8-17(13)9-25-22-19-23(27-11-26-22)29(12-28-19)24-21(35-16(4)32)20(34-15(3)31)18(36-24)10-33-14(2)30/h5-8,11-12,18,20-21,24H,9-10H2,1-4H3,(H,25,26,27)/t18-,20-,21-,24-/m0/s1. The predicted molar refractivity (Wildman–Crippen MR) is 125 cm³/mol. The number of hydrogen-bond donors (Lipinski definition) is 1. The molecule has 0 amide bonds. The van der Waals surface area contributed by atoms with Crippen LogP contribution in [0.25, 0.3) is 11.2 Å². The lowest BCUT2D eigenvalue weighted by Gasteiger charge is -2.23. The lowest BCUT2D eigenvalue weighted by Crippen LogP contribution is -2.40. The minimum absolute atomic E-state index is 0.202.